The van der Waals surface area contributed by atoms with Gasteiger partial charge in [-0.15, -0.1) is 0 Å². The van der Waals surface area contributed by atoms with Crippen LogP contribution in [0.5, 0.6) is 0 Å². The molecule has 2 aromatic heterocycles. The van der Waals surface area contributed by atoms with Crippen LogP contribution in [0, 0.1) is 0 Å². The van der Waals surface area contributed by atoms with E-state index in [-0.39, 0.29) is 12.0 Å². The Morgan fingerprint density at radius 3 is 2.67 bits per heavy atom. The van der Waals surface area contributed by atoms with Crippen molar-refractivity contribution in [3.8, 4) is 11.3 Å². The number of rotatable bonds is 4. The molecule has 0 aliphatic heterocycles. The van der Waals surface area contributed by atoms with Crippen LogP contribution < -0.4 is 5.73 Å². The molecule has 0 saturated heterocycles. The molecule has 3 aromatic rings. The summed E-state index contributed by atoms with van der Waals surface area (Å²) in [4.78, 5) is 9.12. The van der Waals surface area contributed by atoms with Gasteiger partial charge in [-0.2, -0.15) is 0 Å². The number of aryl methyl sites for hydroxylation is 1. The van der Waals surface area contributed by atoms with E-state index >= 15 is 0 Å². The number of hydrogen-bond donors (Lipinski definition) is 2. The van der Waals surface area contributed by atoms with Crippen molar-refractivity contribution in [3.05, 3.63) is 48.0 Å². The first kappa shape index (κ1) is 15.1. The summed E-state index contributed by atoms with van der Waals surface area (Å²) in [5, 5.41) is 9.64. The number of aliphatic hydroxyl groups is 1. The summed E-state index contributed by atoms with van der Waals surface area (Å²) < 4.78 is 2.04. The normalized spacial score (nSPS) is 20.2. The molecular weight excluding hydrogens is 300 g/mol. The van der Waals surface area contributed by atoms with Crippen molar-refractivity contribution in [2.45, 2.75) is 44.6 Å². The molecule has 1 saturated carbocycles. The van der Waals surface area contributed by atoms with E-state index in [1.54, 1.807) is 6.20 Å². The van der Waals surface area contributed by atoms with Crippen molar-refractivity contribution in [3.63, 3.8) is 0 Å². The van der Waals surface area contributed by atoms with Gasteiger partial charge in [-0.1, -0.05) is 37.6 Å². The van der Waals surface area contributed by atoms with E-state index in [9.17, 15) is 5.11 Å². The maximum absolute atomic E-state index is 9.64. The van der Waals surface area contributed by atoms with Crippen LogP contribution in [-0.4, -0.2) is 25.6 Å². The number of nitrogens with two attached hydrogens (primary N) is 1. The number of fused-ring (bicyclic) bond motifs is 1. The molecule has 0 bridgehead atoms. The third kappa shape index (κ3) is 2.45. The number of anilines is 1. The van der Waals surface area contributed by atoms with Crippen LogP contribution in [0.25, 0.3) is 16.8 Å². The van der Waals surface area contributed by atoms with E-state index < -0.39 is 0 Å². The van der Waals surface area contributed by atoms with E-state index in [0.717, 1.165) is 48.3 Å². The highest BCUT2D eigenvalue weighted by atomic mass is 16.3. The lowest BCUT2D eigenvalue weighted by Gasteiger charge is -2.30. The summed E-state index contributed by atoms with van der Waals surface area (Å²) in [5.74, 6) is 1.74. The SMILES string of the molecule is CCCc1ccc(-c2nc(C3CC(O)C3)n3ccnc(N)c23)cc1. The third-order valence-electron chi connectivity index (χ3n) is 4.85. The number of nitrogens with zero attached hydrogens (tertiary/aromatic N) is 3. The zero-order valence-electron chi connectivity index (χ0n) is 13.8. The lowest BCUT2D eigenvalue weighted by molar-refractivity contribution is 0.0715. The third-order valence-corrected chi connectivity index (χ3v) is 4.85. The van der Waals surface area contributed by atoms with Crippen LogP contribution in [0.15, 0.2) is 36.7 Å². The summed E-state index contributed by atoms with van der Waals surface area (Å²) >= 11 is 0. The van der Waals surface area contributed by atoms with E-state index in [1.807, 2.05) is 10.6 Å². The van der Waals surface area contributed by atoms with Gasteiger partial charge in [-0.25, -0.2) is 9.97 Å². The molecule has 0 amide bonds. The average molecular weight is 322 g/mol. The minimum absolute atomic E-state index is 0.210. The van der Waals surface area contributed by atoms with Crippen molar-refractivity contribution in [1.82, 2.24) is 14.4 Å². The van der Waals surface area contributed by atoms with E-state index in [0.29, 0.717) is 5.82 Å². The smallest absolute Gasteiger partial charge is 0.150 e. The molecule has 5 nitrogen and oxygen atoms in total. The number of benzene rings is 1. The van der Waals surface area contributed by atoms with Gasteiger partial charge in [-0.05, 0) is 24.8 Å². The van der Waals surface area contributed by atoms with Crippen LogP contribution in [-0.2, 0) is 6.42 Å². The summed E-state index contributed by atoms with van der Waals surface area (Å²) in [6, 6.07) is 8.53. The Balaban J connectivity index is 1.82. The van der Waals surface area contributed by atoms with Crippen LogP contribution in [0.4, 0.5) is 5.82 Å². The summed E-state index contributed by atoms with van der Waals surface area (Å²) in [6.45, 7) is 2.18. The molecule has 1 aromatic carbocycles. The Morgan fingerprint density at radius 1 is 1.25 bits per heavy atom. The molecule has 1 aliphatic rings. The second-order valence-electron chi connectivity index (χ2n) is 6.62. The van der Waals surface area contributed by atoms with Crippen LogP contribution >= 0.6 is 0 Å². The van der Waals surface area contributed by atoms with Crippen molar-refractivity contribution >= 4 is 11.3 Å². The molecular formula is C19H22N4O. The van der Waals surface area contributed by atoms with Crippen molar-refractivity contribution in [2.75, 3.05) is 5.73 Å². The van der Waals surface area contributed by atoms with E-state index in [1.165, 1.54) is 5.56 Å². The zero-order chi connectivity index (χ0) is 16.7. The van der Waals surface area contributed by atoms with Gasteiger partial charge < -0.3 is 10.8 Å². The maximum atomic E-state index is 9.64. The van der Waals surface area contributed by atoms with Gasteiger partial charge in [0.1, 0.15) is 22.9 Å². The first-order valence-corrected chi connectivity index (χ1v) is 8.57. The maximum Gasteiger partial charge on any atom is 0.150 e. The Morgan fingerprint density at radius 2 is 2.00 bits per heavy atom. The van der Waals surface area contributed by atoms with Gasteiger partial charge >= 0.3 is 0 Å². The predicted octanol–water partition coefficient (Wildman–Crippen LogP) is 3.17. The molecule has 2 heterocycles. The number of aromatic nitrogens is 3. The fraction of sp³-hybridized carbons (Fsp3) is 0.368. The van der Waals surface area contributed by atoms with Crippen LogP contribution in [0.1, 0.15) is 43.5 Å². The lowest BCUT2D eigenvalue weighted by Crippen LogP contribution is -2.27. The van der Waals surface area contributed by atoms with Gasteiger partial charge in [0.25, 0.3) is 0 Å². The molecule has 1 aliphatic carbocycles. The minimum atomic E-state index is -0.210. The number of imidazole rings is 1. The Kier molecular flexibility index (Phi) is 3.73. The molecule has 1 fully saturated rings. The standard InChI is InChI=1S/C19H22N4O/c1-2-3-12-4-6-13(7-5-12)16-17-18(20)21-8-9-23(17)19(22-16)14-10-15(24)11-14/h4-9,14-15,24H,2-3,10-11H2,1H3,(H2,20,21). The van der Waals surface area contributed by atoms with Gasteiger partial charge in [-0.3, -0.25) is 4.40 Å². The Bertz CT molecular complexity index is 863. The number of nitrogen functional groups attached to an aromatic ring is 1. The van der Waals surface area contributed by atoms with Gasteiger partial charge in [0, 0.05) is 23.9 Å². The van der Waals surface area contributed by atoms with Gasteiger partial charge in [0.2, 0.25) is 0 Å². The first-order valence-electron chi connectivity index (χ1n) is 8.57. The lowest BCUT2D eigenvalue weighted by atomic mass is 9.82. The Hall–Kier alpha value is -2.40. The molecule has 0 spiro atoms. The second kappa shape index (κ2) is 5.91. The van der Waals surface area contributed by atoms with Gasteiger partial charge in [0.15, 0.2) is 0 Å². The molecule has 0 atom stereocenters. The Labute approximate surface area is 141 Å². The van der Waals surface area contributed by atoms with E-state index in [2.05, 4.69) is 36.2 Å². The molecule has 4 rings (SSSR count). The van der Waals surface area contributed by atoms with E-state index in [4.69, 9.17) is 10.7 Å². The fourth-order valence-electron chi connectivity index (χ4n) is 3.49. The average Bonchev–Trinajstić information content (AvgIpc) is 2.94. The largest absolute Gasteiger partial charge is 0.393 e. The van der Waals surface area contributed by atoms with Crippen molar-refractivity contribution in [2.24, 2.45) is 0 Å². The molecule has 24 heavy (non-hydrogen) atoms. The summed E-state index contributed by atoms with van der Waals surface area (Å²) in [6.07, 6.45) is 7.15. The molecule has 5 heteroatoms. The quantitative estimate of drug-likeness (QED) is 0.773. The molecule has 0 radical (unpaired) electrons. The number of hydrogen-bond acceptors (Lipinski definition) is 4. The summed E-state index contributed by atoms with van der Waals surface area (Å²) in [7, 11) is 0. The zero-order valence-corrected chi connectivity index (χ0v) is 13.8. The molecule has 0 unspecified atom stereocenters. The topological polar surface area (TPSA) is 76.4 Å². The van der Waals surface area contributed by atoms with Crippen molar-refractivity contribution in [1.29, 1.82) is 0 Å². The highest BCUT2D eigenvalue weighted by molar-refractivity contribution is 5.85. The highest BCUT2D eigenvalue weighted by Crippen LogP contribution is 2.39. The monoisotopic (exact) mass is 322 g/mol. The molecule has 3 N–H and O–H groups in total. The second-order valence-corrected chi connectivity index (χ2v) is 6.62. The fourth-order valence-corrected chi connectivity index (χ4v) is 3.49. The van der Waals surface area contributed by atoms with Crippen LogP contribution in [0.2, 0.25) is 0 Å². The highest BCUT2D eigenvalue weighted by Gasteiger charge is 2.33. The predicted molar refractivity (Wildman–Crippen MR) is 94.8 cm³/mol. The molecule has 124 valence electrons. The summed E-state index contributed by atoms with van der Waals surface area (Å²) in [5.41, 5.74) is 10.3. The minimum Gasteiger partial charge on any atom is -0.393 e. The van der Waals surface area contributed by atoms with Crippen molar-refractivity contribution < 1.29 is 5.11 Å². The first-order chi connectivity index (χ1) is 11.7. The van der Waals surface area contributed by atoms with Gasteiger partial charge in [0.05, 0.1) is 6.10 Å². The van der Waals surface area contributed by atoms with Crippen LogP contribution in [0.3, 0.4) is 0 Å². The number of aliphatic hydroxyl groups excluding tert-OH is 1.